The Morgan fingerprint density at radius 2 is 1.80 bits per heavy atom. The van der Waals surface area contributed by atoms with Crippen LogP contribution in [0.2, 0.25) is 0 Å². The molecule has 1 amide bonds. The molecule has 0 aromatic heterocycles. The molecule has 0 atom stereocenters. The number of hydrogen-bond donors (Lipinski definition) is 1. The summed E-state index contributed by atoms with van der Waals surface area (Å²) < 4.78 is 50.3. The first-order valence-electron chi connectivity index (χ1n) is 6.46. The van der Waals surface area contributed by atoms with Gasteiger partial charge in [-0.3, -0.25) is 4.79 Å². The SMILES string of the molecule is CC.CCCNC(=O)Cc1cc(F)cc(C(F)(F)F)c1. The molecule has 0 fully saturated rings. The van der Waals surface area contributed by atoms with Gasteiger partial charge in [-0.05, 0) is 30.2 Å². The highest BCUT2D eigenvalue weighted by Crippen LogP contribution is 2.30. The fourth-order valence-electron chi connectivity index (χ4n) is 1.43. The van der Waals surface area contributed by atoms with Gasteiger partial charge in [0.15, 0.2) is 0 Å². The van der Waals surface area contributed by atoms with Crippen LogP contribution in [-0.4, -0.2) is 12.5 Å². The van der Waals surface area contributed by atoms with E-state index in [0.29, 0.717) is 12.6 Å². The Hall–Kier alpha value is -1.59. The van der Waals surface area contributed by atoms with Crippen molar-refractivity contribution in [2.45, 2.75) is 39.8 Å². The molecule has 0 aliphatic heterocycles. The zero-order valence-corrected chi connectivity index (χ0v) is 11.8. The number of benzene rings is 1. The molecule has 0 radical (unpaired) electrons. The lowest BCUT2D eigenvalue weighted by atomic mass is 10.1. The smallest absolute Gasteiger partial charge is 0.356 e. The van der Waals surface area contributed by atoms with E-state index in [1.165, 1.54) is 0 Å². The Kier molecular flexibility index (Phi) is 7.87. The number of alkyl halides is 3. The van der Waals surface area contributed by atoms with Crippen molar-refractivity contribution in [2.24, 2.45) is 0 Å². The van der Waals surface area contributed by atoms with Crippen LogP contribution < -0.4 is 5.32 Å². The highest BCUT2D eigenvalue weighted by molar-refractivity contribution is 5.78. The van der Waals surface area contributed by atoms with E-state index < -0.39 is 23.5 Å². The summed E-state index contributed by atoms with van der Waals surface area (Å²) in [5, 5.41) is 2.52. The lowest BCUT2D eigenvalue weighted by Gasteiger charge is -2.09. The van der Waals surface area contributed by atoms with Gasteiger partial charge in [-0.15, -0.1) is 0 Å². The fourth-order valence-corrected chi connectivity index (χ4v) is 1.43. The van der Waals surface area contributed by atoms with Crippen LogP contribution in [0.25, 0.3) is 0 Å². The molecule has 0 saturated heterocycles. The lowest BCUT2D eigenvalue weighted by molar-refractivity contribution is -0.138. The van der Waals surface area contributed by atoms with E-state index >= 15 is 0 Å². The van der Waals surface area contributed by atoms with Crippen LogP contribution in [-0.2, 0) is 17.4 Å². The van der Waals surface area contributed by atoms with Crippen LogP contribution in [0.3, 0.4) is 0 Å². The molecule has 20 heavy (non-hydrogen) atoms. The van der Waals surface area contributed by atoms with Crippen LogP contribution in [0.4, 0.5) is 17.6 Å². The lowest BCUT2D eigenvalue weighted by Crippen LogP contribution is -2.25. The van der Waals surface area contributed by atoms with Gasteiger partial charge in [-0.25, -0.2) is 4.39 Å². The number of carbonyl (C=O) groups is 1. The van der Waals surface area contributed by atoms with Crippen molar-refractivity contribution in [3.63, 3.8) is 0 Å². The normalized spacial score (nSPS) is 10.6. The average molecular weight is 293 g/mol. The van der Waals surface area contributed by atoms with Crippen LogP contribution in [0.15, 0.2) is 18.2 Å². The van der Waals surface area contributed by atoms with Crippen LogP contribution in [0.5, 0.6) is 0 Å². The molecule has 0 spiro atoms. The minimum Gasteiger partial charge on any atom is -0.356 e. The Balaban J connectivity index is 0.00000172. The largest absolute Gasteiger partial charge is 0.416 e. The van der Waals surface area contributed by atoms with E-state index in [4.69, 9.17) is 0 Å². The zero-order chi connectivity index (χ0) is 15.8. The topological polar surface area (TPSA) is 29.1 Å². The van der Waals surface area contributed by atoms with Gasteiger partial charge < -0.3 is 5.32 Å². The molecule has 1 rings (SSSR count). The molecule has 0 aliphatic carbocycles. The summed E-state index contributed by atoms with van der Waals surface area (Å²) in [4.78, 5) is 11.3. The Bertz CT molecular complexity index is 430. The van der Waals surface area contributed by atoms with Gasteiger partial charge in [0.25, 0.3) is 0 Å². The van der Waals surface area contributed by atoms with Crippen molar-refractivity contribution < 1.29 is 22.4 Å². The van der Waals surface area contributed by atoms with Gasteiger partial charge in [0.05, 0.1) is 12.0 Å². The zero-order valence-electron chi connectivity index (χ0n) is 11.8. The molecule has 1 aromatic carbocycles. The highest BCUT2D eigenvalue weighted by atomic mass is 19.4. The molecule has 2 nitrogen and oxygen atoms in total. The molecular weight excluding hydrogens is 274 g/mol. The summed E-state index contributed by atoms with van der Waals surface area (Å²) in [7, 11) is 0. The summed E-state index contributed by atoms with van der Waals surface area (Å²) in [5.41, 5.74) is -1.07. The maximum absolute atomic E-state index is 13.0. The van der Waals surface area contributed by atoms with Gasteiger partial charge in [0, 0.05) is 6.54 Å². The number of halogens is 4. The molecule has 0 heterocycles. The molecule has 0 unspecified atom stereocenters. The van der Waals surface area contributed by atoms with Gasteiger partial charge >= 0.3 is 6.18 Å². The number of carbonyl (C=O) groups excluding carboxylic acids is 1. The van der Waals surface area contributed by atoms with Crippen molar-refractivity contribution in [1.82, 2.24) is 5.32 Å². The van der Waals surface area contributed by atoms with Gasteiger partial charge in [-0.2, -0.15) is 13.2 Å². The summed E-state index contributed by atoms with van der Waals surface area (Å²) in [6.45, 7) is 6.30. The first-order chi connectivity index (χ1) is 9.32. The second kappa shape index (κ2) is 8.55. The Labute approximate surface area is 116 Å². The number of nitrogens with one attached hydrogen (secondary N) is 1. The number of hydrogen-bond acceptors (Lipinski definition) is 1. The quantitative estimate of drug-likeness (QED) is 0.837. The van der Waals surface area contributed by atoms with Crippen molar-refractivity contribution in [3.8, 4) is 0 Å². The summed E-state index contributed by atoms with van der Waals surface area (Å²) in [5.74, 6) is -1.42. The fraction of sp³-hybridized carbons (Fsp3) is 0.500. The Morgan fingerprint density at radius 3 is 2.30 bits per heavy atom. The summed E-state index contributed by atoms with van der Waals surface area (Å²) >= 11 is 0. The highest BCUT2D eigenvalue weighted by Gasteiger charge is 2.31. The average Bonchev–Trinajstić information content (AvgIpc) is 2.37. The summed E-state index contributed by atoms with van der Waals surface area (Å²) in [6.07, 6.45) is -4.15. The number of amides is 1. The predicted molar refractivity (Wildman–Crippen MR) is 69.8 cm³/mol. The van der Waals surface area contributed by atoms with Gasteiger partial charge in [0.1, 0.15) is 5.82 Å². The first-order valence-corrected chi connectivity index (χ1v) is 6.46. The van der Waals surface area contributed by atoms with Crippen molar-refractivity contribution >= 4 is 5.91 Å². The van der Waals surface area contributed by atoms with E-state index in [9.17, 15) is 22.4 Å². The summed E-state index contributed by atoms with van der Waals surface area (Å²) in [6, 6.07) is 2.13. The third-order valence-corrected chi connectivity index (χ3v) is 2.22. The third-order valence-electron chi connectivity index (χ3n) is 2.22. The van der Waals surface area contributed by atoms with Crippen LogP contribution >= 0.6 is 0 Å². The second-order valence-corrected chi connectivity index (χ2v) is 3.87. The van der Waals surface area contributed by atoms with E-state index in [-0.39, 0.29) is 12.0 Å². The molecular formula is C14H19F4NO. The molecule has 6 heteroatoms. The number of rotatable bonds is 4. The van der Waals surface area contributed by atoms with E-state index in [2.05, 4.69) is 5.32 Å². The minimum atomic E-state index is -4.61. The Morgan fingerprint density at radius 1 is 1.20 bits per heavy atom. The first kappa shape index (κ1) is 18.4. The monoisotopic (exact) mass is 293 g/mol. The van der Waals surface area contributed by atoms with Crippen LogP contribution in [0, 0.1) is 5.82 Å². The molecule has 0 bridgehead atoms. The maximum Gasteiger partial charge on any atom is 0.416 e. The molecule has 0 aliphatic rings. The van der Waals surface area contributed by atoms with Gasteiger partial charge in [-0.1, -0.05) is 20.8 Å². The van der Waals surface area contributed by atoms with E-state index in [1.807, 2.05) is 20.8 Å². The van der Waals surface area contributed by atoms with E-state index in [0.717, 1.165) is 18.6 Å². The molecule has 114 valence electrons. The van der Waals surface area contributed by atoms with Crippen molar-refractivity contribution in [3.05, 3.63) is 35.1 Å². The van der Waals surface area contributed by atoms with Crippen LogP contribution in [0.1, 0.15) is 38.3 Å². The molecule has 1 aromatic rings. The third kappa shape index (κ3) is 6.54. The van der Waals surface area contributed by atoms with Crippen molar-refractivity contribution in [1.29, 1.82) is 0 Å². The van der Waals surface area contributed by atoms with Gasteiger partial charge in [0.2, 0.25) is 5.91 Å². The standard InChI is InChI=1S/C12H13F4NO.C2H6/c1-2-3-17-11(18)6-8-4-9(12(14,15)16)7-10(13)5-8;1-2/h4-5,7H,2-3,6H2,1H3,(H,17,18);1-2H3. The van der Waals surface area contributed by atoms with Crippen molar-refractivity contribution in [2.75, 3.05) is 6.54 Å². The maximum atomic E-state index is 13.0. The predicted octanol–water partition coefficient (Wildman–Crippen LogP) is 3.94. The molecule has 1 N–H and O–H groups in total. The van der Waals surface area contributed by atoms with E-state index in [1.54, 1.807) is 0 Å². The second-order valence-electron chi connectivity index (χ2n) is 3.87. The molecule has 0 saturated carbocycles. The minimum absolute atomic E-state index is 0.0101.